The Kier molecular flexibility index (Phi) is 2.31. The molecular formula is C7H10O3. The fourth-order valence-electron chi connectivity index (χ4n) is 0.838. The zero-order valence-electron chi connectivity index (χ0n) is 5.62. The Morgan fingerprint density at radius 1 is 1.60 bits per heavy atom. The molecule has 0 amide bonds. The molecular weight excluding hydrogens is 132 g/mol. The van der Waals surface area contributed by atoms with E-state index in [0.29, 0.717) is 0 Å². The maximum Gasteiger partial charge on any atom is 0.313 e. The van der Waals surface area contributed by atoms with Gasteiger partial charge in [0.05, 0.1) is 5.92 Å². The van der Waals surface area contributed by atoms with Crippen LogP contribution in [0.3, 0.4) is 0 Å². The first-order chi connectivity index (χ1) is 4.84. The molecule has 0 aliphatic heterocycles. The van der Waals surface area contributed by atoms with E-state index < -0.39 is 0 Å². The molecule has 0 bridgehead atoms. The van der Waals surface area contributed by atoms with Crippen LogP contribution in [0.2, 0.25) is 0 Å². The topological polar surface area (TPSA) is 46.5 Å². The number of hydrogen-bond acceptors (Lipinski definition) is 3. The molecule has 0 unspecified atom stereocenters. The number of rotatable bonds is 2. The summed E-state index contributed by atoms with van der Waals surface area (Å²) in [5, 5.41) is 8.13. The maximum atomic E-state index is 10.8. The van der Waals surface area contributed by atoms with E-state index in [1.807, 2.05) is 0 Å². The van der Waals surface area contributed by atoms with Gasteiger partial charge < -0.3 is 9.84 Å². The normalized spacial score (nSPS) is 18.8. The molecule has 0 radical (unpaired) electrons. The third-order valence-electron chi connectivity index (χ3n) is 1.68. The molecule has 1 aliphatic carbocycles. The van der Waals surface area contributed by atoms with Gasteiger partial charge in [-0.3, -0.25) is 4.79 Å². The lowest BCUT2D eigenvalue weighted by atomic mass is 9.86. The van der Waals surface area contributed by atoms with Crippen molar-refractivity contribution in [2.45, 2.75) is 19.3 Å². The Balaban J connectivity index is 2.20. The second-order valence-electron chi connectivity index (χ2n) is 2.35. The number of carbonyl (C=O) groups excluding carboxylic acids is 1. The molecule has 0 spiro atoms. The van der Waals surface area contributed by atoms with Gasteiger partial charge in [-0.25, -0.2) is 0 Å². The molecule has 0 aromatic carbocycles. The summed E-state index contributed by atoms with van der Waals surface area (Å²) in [6.07, 6.45) is 4.69. The SMILES string of the molecule is O=C(OC=CO)C1CCC1. The van der Waals surface area contributed by atoms with E-state index >= 15 is 0 Å². The van der Waals surface area contributed by atoms with Gasteiger partial charge in [-0.1, -0.05) is 6.42 Å². The highest BCUT2D eigenvalue weighted by molar-refractivity contribution is 5.73. The second-order valence-corrected chi connectivity index (χ2v) is 2.35. The van der Waals surface area contributed by atoms with Crippen LogP contribution in [-0.4, -0.2) is 11.1 Å². The molecule has 1 rings (SSSR count). The van der Waals surface area contributed by atoms with Crippen molar-refractivity contribution in [1.29, 1.82) is 0 Å². The lowest BCUT2D eigenvalue weighted by Gasteiger charge is -2.21. The van der Waals surface area contributed by atoms with E-state index in [1.54, 1.807) is 0 Å². The Morgan fingerprint density at radius 2 is 2.30 bits per heavy atom. The minimum absolute atomic E-state index is 0.0798. The zero-order chi connectivity index (χ0) is 7.40. The van der Waals surface area contributed by atoms with Crippen LogP contribution in [0, 0.1) is 5.92 Å². The minimum Gasteiger partial charge on any atom is -0.512 e. The first-order valence-electron chi connectivity index (χ1n) is 3.34. The molecule has 1 N–H and O–H groups in total. The smallest absolute Gasteiger partial charge is 0.313 e. The quantitative estimate of drug-likeness (QED) is 0.467. The Morgan fingerprint density at radius 3 is 2.70 bits per heavy atom. The van der Waals surface area contributed by atoms with Crippen LogP contribution in [0.5, 0.6) is 0 Å². The van der Waals surface area contributed by atoms with E-state index in [0.717, 1.165) is 31.8 Å². The number of aliphatic hydroxyl groups is 1. The molecule has 3 nitrogen and oxygen atoms in total. The number of hydrogen-bond donors (Lipinski definition) is 1. The highest BCUT2D eigenvalue weighted by Gasteiger charge is 2.25. The highest BCUT2D eigenvalue weighted by Crippen LogP contribution is 2.27. The van der Waals surface area contributed by atoms with Crippen molar-refractivity contribution in [3.8, 4) is 0 Å². The Labute approximate surface area is 59.3 Å². The average molecular weight is 142 g/mol. The van der Waals surface area contributed by atoms with Crippen LogP contribution >= 0.6 is 0 Å². The predicted octanol–water partition coefficient (Wildman–Crippen LogP) is 1.36. The molecule has 56 valence electrons. The fourth-order valence-corrected chi connectivity index (χ4v) is 0.838. The highest BCUT2D eigenvalue weighted by atomic mass is 16.5. The molecule has 10 heavy (non-hydrogen) atoms. The van der Waals surface area contributed by atoms with Crippen LogP contribution in [0.4, 0.5) is 0 Å². The number of ether oxygens (including phenoxy) is 1. The van der Waals surface area contributed by atoms with E-state index in [9.17, 15) is 4.79 Å². The van der Waals surface area contributed by atoms with Gasteiger partial charge in [-0.15, -0.1) is 0 Å². The first kappa shape index (κ1) is 7.12. The summed E-state index contributed by atoms with van der Waals surface area (Å²) in [4.78, 5) is 10.8. The summed E-state index contributed by atoms with van der Waals surface area (Å²) in [7, 11) is 0. The standard InChI is InChI=1S/C7H10O3/c8-4-5-10-7(9)6-2-1-3-6/h4-6,8H,1-3H2. The monoisotopic (exact) mass is 142 g/mol. The fraction of sp³-hybridized carbons (Fsp3) is 0.571. The van der Waals surface area contributed by atoms with Crippen molar-refractivity contribution in [3.63, 3.8) is 0 Å². The third-order valence-corrected chi connectivity index (χ3v) is 1.68. The van der Waals surface area contributed by atoms with Crippen LogP contribution in [0.1, 0.15) is 19.3 Å². The van der Waals surface area contributed by atoms with Crippen LogP contribution < -0.4 is 0 Å². The van der Waals surface area contributed by atoms with Crippen molar-refractivity contribution in [1.82, 2.24) is 0 Å². The van der Waals surface area contributed by atoms with E-state index in [1.165, 1.54) is 0 Å². The van der Waals surface area contributed by atoms with Crippen LogP contribution in [0.15, 0.2) is 12.5 Å². The van der Waals surface area contributed by atoms with Gasteiger partial charge in [0.2, 0.25) is 0 Å². The zero-order valence-corrected chi connectivity index (χ0v) is 5.62. The number of esters is 1. The van der Waals surface area contributed by atoms with Crippen LogP contribution in [-0.2, 0) is 9.53 Å². The van der Waals surface area contributed by atoms with Crippen molar-refractivity contribution in [2.75, 3.05) is 0 Å². The first-order valence-corrected chi connectivity index (χ1v) is 3.34. The largest absolute Gasteiger partial charge is 0.512 e. The van der Waals surface area contributed by atoms with Gasteiger partial charge >= 0.3 is 5.97 Å². The van der Waals surface area contributed by atoms with E-state index in [4.69, 9.17) is 5.11 Å². The number of carbonyl (C=O) groups is 1. The van der Waals surface area contributed by atoms with Gasteiger partial charge in [0.15, 0.2) is 0 Å². The minimum atomic E-state index is -0.225. The molecule has 0 saturated heterocycles. The number of aliphatic hydroxyl groups excluding tert-OH is 1. The van der Waals surface area contributed by atoms with E-state index in [-0.39, 0.29) is 11.9 Å². The van der Waals surface area contributed by atoms with Crippen molar-refractivity contribution in [3.05, 3.63) is 12.5 Å². The molecule has 1 fully saturated rings. The summed E-state index contributed by atoms with van der Waals surface area (Å²) >= 11 is 0. The van der Waals surface area contributed by atoms with Gasteiger partial charge in [0.25, 0.3) is 0 Å². The second kappa shape index (κ2) is 3.25. The summed E-state index contributed by atoms with van der Waals surface area (Å²) in [5.74, 6) is -0.146. The molecule has 3 heteroatoms. The summed E-state index contributed by atoms with van der Waals surface area (Å²) in [6, 6.07) is 0. The molecule has 1 saturated carbocycles. The van der Waals surface area contributed by atoms with Crippen molar-refractivity contribution in [2.24, 2.45) is 5.92 Å². The van der Waals surface area contributed by atoms with Crippen LogP contribution in [0.25, 0.3) is 0 Å². The Bertz CT molecular complexity index is 147. The lowest BCUT2D eigenvalue weighted by molar-refractivity contribution is -0.145. The molecule has 0 aromatic rings. The predicted molar refractivity (Wildman–Crippen MR) is 35.2 cm³/mol. The molecule has 1 aliphatic rings. The molecule has 0 heterocycles. The molecule has 0 aromatic heterocycles. The Hall–Kier alpha value is -0.990. The van der Waals surface area contributed by atoms with Crippen molar-refractivity contribution >= 4 is 5.97 Å². The summed E-state index contributed by atoms with van der Waals surface area (Å²) in [6.45, 7) is 0. The lowest BCUT2D eigenvalue weighted by Crippen LogP contribution is -2.22. The van der Waals surface area contributed by atoms with Gasteiger partial charge in [0, 0.05) is 0 Å². The maximum absolute atomic E-state index is 10.8. The van der Waals surface area contributed by atoms with Gasteiger partial charge in [-0.05, 0) is 12.8 Å². The average Bonchev–Trinajstić information content (AvgIpc) is 1.79. The third kappa shape index (κ3) is 1.50. The summed E-state index contributed by atoms with van der Waals surface area (Å²) in [5.41, 5.74) is 0. The molecule has 0 atom stereocenters. The van der Waals surface area contributed by atoms with Gasteiger partial charge in [-0.2, -0.15) is 0 Å². The van der Waals surface area contributed by atoms with Gasteiger partial charge in [0.1, 0.15) is 12.5 Å². The van der Waals surface area contributed by atoms with Crippen molar-refractivity contribution < 1.29 is 14.6 Å². The summed E-state index contributed by atoms with van der Waals surface area (Å²) < 4.78 is 4.53. The van der Waals surface area contributed by atoms with E-state index in [2.05, 4.69) is 4.74 Å².